The van der Waals surface area contributed by atoms with Crippen molar-refractivity contribution in [2.75, 3.05) is 18.1 Å². The molecule has 0 radical (unpaired) electrons. The number of nitrogens with one attached hydrogen (secondary N) is 1. The number of aromatic nitrogens is 3. The molecule has 1 aliphatic heterocycles. The summed E-state index contributed by atoms with van der Waals surface area (Å²) in [6.07, 6.45) is 5.53. The number of hydrogen-bond donors (Lipinski definition) is 1. The average Bonchev–Trinajstić information content (AvgIpc) is 3.02. The van der Waals surface area contributed by atoms with E-state index >= 15 is 0 Å². The maximum atomic E-state index is 4.24. The molecule has 2 heterocycles. The standard InChI is InChI=1S/C10H16N4S/c1-2-9(1)14-7-12-13-10(14)5-8-6-15-4-3-11-8/h7-9,11H,1-6H2. The normalized spacial score (nSPS) is 26.8. The van der Waals surface area contributed by atoms with Gasteiger partial charge in [0.25, 0.3) is 0 Å². The molecule has 0 amide bonds. The average molecular weight is 224 g/mol. The predicted octanol–water partition coefficient (Wildman–Crippen LogP) is 0.860. The lowest BCUT2D eigenvalue weighted by Crippen LogP contribution is -2.39. The summed E-state index contributed by atoms with van der Waals surface area (Å²) >= 11 is 2.03. The Bertz CT molecular complexity index is 328. The SMILES string of the molecule is c1nnc(CC2CSCCN2)n1C1CC1. The maximum Gasteiger partial charge on any atom is 0.134 e. The Balaban J connectivity index is 1.67. The van der Waals surface area contributed by atoms with Crippen LogP contribution in [0.25, 0.3) is 0 Å². The van der Waals surface area contributed by atoms with Gasteiger partial charge in [0.2, 0.25) is 0 Å². The first kappa shape index (κ1) is 9.66. The third-order valence-electron chi connectivity index (χ3n) is 3.01. The number of hydrogen-bond acceptors (Lipinski definition) is 4. The van der Waals surface area contributed by atoms with Crippen molar-refractivity contribution in [2.45, 2.75) is 31.3 Å². The van der Waals surface area contributed by atoms with Gasteiger partial charge in [0.05, 0.1) is 0 Å². The van der Waals surface area contributed by atoms with E-state index in [9.17, 15) is 0 Å². The zero-order valence-electron chi connectivity index (χ0n) is 8.72. The van der Waals surface area contributed by atoms with Crippen LogP contribution in [0.2, 0.25) is 0 Å². The fraction of sp³-hybridized carbons (Fsp3) is 0.800. The molecule has 1 atom stereocenters. The van der Waals surface area contributed by atoms with Crippen molar-refractivity contribution < 1.29 is 0 Å². The molecule has 0 aromatic carbocycles. The van der Waals surface area contributed by atoms with E-state index in [2.05, 4.69) is 20.1 Å². The summed E-state index contributed by atoms with van der Waals surface area (Å²) in [5.41, 5.74) is 0. The van der Waals surface area contributed by atoms with Gasteiger partial charge in [0, 0.05) is 36.6 Å². The summed E-state index contributed by atoms with van der Waals surface area (Å²) < 4.78 is 2.26. The topological polar surface area (TPSA) is 42.7 Å². The Labute approximate surface area is 93.8 Å². The van der Waals surface area contributed by atoms with E-state index in [1.807, 2.05) is 18.1 Å². The highest BCUT2D eigenvalue weighted by Crippen LogP contribution is 2.35. The molecule has 1 aliphatic carbocycles. The van der Waals surface area contributed by atoms with Crippen LogP contribution in [0, 0.1) is 0 Å². The van der Waals surface area contributed by atoms with Gasteiger partial charge in [-0.3, -0.25) is 0 Å². The molecule has 3 rings (SSSR count). The van der Waals surface area contributed by atoms with Crippen LogP contribution in [0.15, 0.2) is 6.33 Å². The number of thioether (sulfide) groups is 1. The van der Waals surface area contributed by atoms with Crippen LogP contribution >= 0.6 is 11.8 Å². The Morgan fingerprint density at radius 1 is 1.53 bits per heavy atom. The highest BCUT2D eigenvalue weighted by molar-refractivity contribution is 7.99. The van der Waals surface area contributed by atoms with Crippen molar-refractivity contribution in [3.05, 3.63) is 12.2 Å². The number of nitrogens with zero attached hydrogens (tertiary/aromatic N) is 3. The molecule has 1 N–H and O–H groups in total. The molecule has 1 aromatic rings. The molecule has 1 saturated heterocycles. The molecule has 5 heteroatoms. The summed E-state index contributed by atoms with van der Waals surface area (Å²) in [7, 11) is 0. The maximum absolute atomic E-state index is 4.24. The minimum atomic E-state index is 0.588. The zero-order valence-corrected chi connectivity index (χ0v) is 9.54. The summed E-state index contributed by atoms with van der Waals surface area (Å²) in [5, 5.41) is 11.8. The van der Waals surface area contributed by atoms with Crippen molar-refractivity contribution in [2.24, 2.45) is 0 Å². The minimum Gasteiger partial charge on any atom is -0.314 e. The Morgan fingerprint density at radius 3 is 3.20 bits per heavy atom. The van der Waals surface area contributed by atoms with Crippen LogP contribution in [0.1, 0.15) is 24.7 Å². The Hall–Kier alpha value is -0.550. The van der Waals surface area contributed by atoms with Gasteiger partial charge in [-0.15, -0.1) is 10.2 Å². The fourth-order valence-electron chi connectivity index (χ4n) is 2.04. The van der Waals surface area contributed by atoms with Crippen LogP contribution in [-0.4, -0.2) is 38.9 Å². The summed E-state index contributed by atoms with van der Waals surface area (Å²) in [6, 6.07) is 1.29. The molecule has 0 bridgehead atoms. The van der Waals surface area contributed by atoms with Crippen molar-refractivity contribution in [1.29, 1.82) is 0 Å². The second kappa shape index (κ2) is 4.14. The highest BCUT2D eigenvalue weighted by atomic mass is 32.2. The van der Waals surface area contributed by atoms with Gasteiger partial charge in [0.1, 0.15) is 12.2 Å². The Morgan fingerprint density at radius 2 is 2.47 bits per heavy atom. The first-order valence-electron chi connectivity index (χ1n) is 5.63. The molecule has 82 valence electrons. The van der Waals surface area contributed by atoms with Crippen LogP contribution in [0.5, 0.6) is 0 Å². The van der Waals surface area contributed by atoms with E-state index in [-0.39, 0.29) is 0 Å². The quantitative estimate of drug-likeness (QED) is 0.827. The molecule has 1 aromatic heterocycles. The predicted molar refractivity (Wildman–Crippen MR) is 61.1 cm³/mol. The van der Waals surface area contributed by atoms with Gasteiger partial charge in [-0.2, -0.15) is 11.8 Å². The van der Waals surface area contributed by atoms with E-state index in [4.69, 9.17) is 0 Å². The van der Waals surface area contributed by atoms with Crippen LogP contribution in [0.4, 0.5) is 0 Å². The highest BCUT2D eigenvalue weighted by Gasteiger charge is 2.27. The van der Waals surface area contributed by atoms with Gasteiger partial charge >= 0.3 is 0 Å². The van der Waals surface area contributed by atoms with Gasteiger partial charge < -0.3 is 9.88 Å². The first-order chi connectivity index (χ1) is 7.43. The first-order valence-corrected chi connectivity index (χ1v) is 6.78. The molecule has 2 fully saturated rings. The van der Waals surface area contributed by atoms with Gasteiger partial charge in [-0.1, -0.05) is 0 Å². The molecule has 0 spiro atoms. The summed E-state index contributed by atoms with van der Waals surface area (Å²) in [4.78, 5) is 0. The van der Waals surface area contributed by atoms with E-state index < -0.39 is 0 Å². The molecule has 1 saturated carbocycles. The molecule has 15 heavy (non-hydrogen) atoms. The van der Waals surface area contributed by atoms with Crippen LogP contribution in [-0.2, 0) is 6.42 Å². The molecule has 2 aliphatic rings. The van der Waals surface area contributed by atoms with Gasteiger partial charge in [-0.05, 0) is 12.8 Å². The lowest BCUT2D eigenvalue weighted by Gasteiger charge is -2.22. The number of rotatable bonds is 3. The van der Waals surface area contributed by atoms with E-state index in [0.29, 0.717) is 12.1 Å². The van der Waals surface area contributed by atoms with Crippen molar-refractivity contribution in [3.8, 4) is 0 Å². The van der Waals surface area contributed by atoms with Gasteiger partial charge in [0.15, 0.2) is 0 Å². The molecule has 4 nitrogen and oxygen atoms in total. The Kier molecular flexibility index (Phi) is 2.66. The third kappa shape index (κ3) is 2.18. The van der Waals surface area contributed by atoms with E-state index in [1.165, 1.54) is 24.3 Å². The second-order valence-corrected chi connectivity index (χ2v) is 5.47. The lowest BCUT2D eigenvalue weighted by atomic mass is 10.2. The van der Waals surface area contributed by atoms with Crippen molar-refractivity contribution in [3.63, 3.8) is 0 Å². The molecular weight excluding hydrogens is 208 g/mol. The molecule has 1 unspecified atom stereocenters. The van der Waals surface area contributed by atoms with E-state index in [1.54, 1.807) is 0 Å². The van der Waals surface area contributed by atoms with Crippen LogP contribution < -0.4 is 5.32 Å². The summed E-state index contributed by atoms with van der Waals surface area (Å²) in [6.45, 7) is 1.13. The fourth-order valence-corrected chi connectivity index (χ4v) is 2.99. The lowest BCUT2D eigenvalue weighted by molar-refractivity contribution is 0.532. The third-order valence-corrected chi connectivity index (χ3v) is 4.15. The van der Waals surface area contributed by atoms with Crippen molar-refractivity contribution >= 4 is 11.8 Å². The monoisotopic (exact) mass is 224 g/mol. The minimum absolute atomic E-state index is 0.588. The van der Waals surface area contributed by atoms with E-state index in [0.717, 1.165) is 18.8 Å². The largest absolute Gasteiger partial charge is 0.314 e. The van der Waals surface area contributed by atoms with Gasteiger partial charge in [-0.25, -0.2) is 0 Å². The smallest absolute Gasteiger partial charge is 0.134 e. The molecular formula is C10H16N4S. The van der Waals surface area contributed by atoms with Crippen LogP contribution in [0.3, 0.4) is 0 Å². The summed E-state index contributed by atoms with van der Waals surface area (Å²) in [5.74, 6) is 3.61. The zero-order chi connectivity index (χ0) is 10.1. The van der Waals surface area contributed by atoms with Crippen molar-refractivity contribution in [1.82, 2.24) is 20.1 Å². The second-order valence-electron chi connectivity index (χ2n) is 4.32.